The van der Waals surface area contributed by atoms with Crippen LogP contribution >= 0.6 is 11.3 Å². The standard InChI is InChI=1S/C12H15N3S/c1-3-13-11(10-7-5-4-6-8-10)12-15-14-9(2)16-12/h4-8,11,13H,3H2,1-2H3. The van der Waals surface area contributed by atoms with Crippen molar-refractivity contribution in [3.05, 3.63) is 45.9 Å². The molecule has 0 saturated heterocycles. The fourth-order valence-electron chi connectivity index (χ4n) is 1.63. The molecular formula is C12H15N3S. The third-order valence-corrected chi connectivity index (χ3v) is 3.23. The van der Waals surface area contributed by atoms with E-state index in [1.54, 1.807) is 11.3 Å². The zero-order valence-corrected chi connectivity index (χ0v) is 10.3. The molecule has 2 rings (SSSR count). The van der Waals surface area contributed by atoms with Gasteiger partial charge in [-0.15, -0.1) is 10.2 Å². The predicted molar refractivity (Wildman–Crippen MR) is 66.6 cm³/mol. The van der Waals surface area contributed by atoms with Crippen LogP contribution < -0.4 is 5.32 Å². The van der Waals surface area contributed by atoms with Gasteiger partial charge in [0.25, 0.3) is 0 Å². The smallest absolute Gasteiger partial charge is 0.139 e. The number of hydrogen-bond donors (Lipinski definition) is 1. The summed E-state index contributed by atoms with van der Waals surface area (Å²) in [5, 5.41) is 13.8. The van der Waals surface area contributed by atoms with E-state index in [-0.39, 0.29) is 6.04 Å². The Bertz CT molecular complexity index is 439. The highest BCUT2D eigenvalue weighted by Gasteiger charge is 2.16. The minimum Gasteiger partial charge on any atom is -0.304 e. The van der Waals surface area contributed by atoms with Crippen molar-refractivity contribution in [3.63, 3.8) is 0 Å². The highest BCUT2D eigenvalue weighted by Crippen LogP contribution is 2.24. The Morgan fingerprint density at radius 1 is 1.25 bits per heavy atom. The van der Waals surface area contributed by atoms with Crippen LogP contribution in [0, 0.1) is 6.92 Å². The second-order valence-corrected chi connectivity index (χ2v) is 4.77. The summed E-state index contributed by atoms with van der Waals surface area (Å²) in [4.78, 5) is 0. The van der Waals surface area contributed by atoms with Crippen LogP contribution in [-0.2, 0) is 0 Å². The molecule has 0 aliphatic heterocycles. The average Bonchev–Trinajstić information content (AvgIpc) is 2.74. The molecule has 0 aliphatic rings. The number of nitrogens with zero attached hydrogens (tertiary/aromatic N) is 2. The number of benzene rings is 1. The zero-order valence-electron chi connectivity index (χ0n) is 9.47. The topological polar surface area (TPSA) is 37.8 Å². The summed E-state index contributed by atoms with van der Waals surface area (Å²) in [6, 6.07) is 10.5. The molecule has 4 heteroatoms. The number of hydrogen-bond acceptors (Lipinski definition) is 4. The third-order valence-electron chi connectivity index (χ3n) is 2.33. The Hall–Kier alpha value is -1.26. The van der Waals surface area contributed by atoms with Gasteiger partial charge in [0.15, 0.2) is 0 Å². The van der Waals surface area contributed by atoms with E-state index in [2.05, 4.69) is 34.6 Å². The average molecular weight is 233 g/mol. The molecule has 0 saturated carbocycles. The Morgan fingerprint density at radius 2 is 2.00 bits per heavy atom. The van der Waals surface area contributed by atoms with Gasteiger partial charge in [-0.1, -0.05) is 48.6 Å². The van der Waals surface area contributed by atoms with Crippen LogP contribution in [0.3, 0.4) is 0 Å². The van der Waals surface area contributed by atoms with Crippen molar-refractivity contribution in [2.45, 2.75) is 19.9 Å². The Kier molecular flexibility index (Phi) is 3.64. The van der Waals surface area contributed by atoms with Gasteiger partial charge < -0.3 is 5.32 Å². The van der Waals surface area contributed by atoms with E-state index in [9.17, 15) is 0 Å². The normalized spacial score (nSPS) is 12.6. The van der Waals surface area contributed by atoms with Gasteiger partial charge in [-0.25, -0.2) is 0 Å². The largest absolute Gasteiger partial charge is 0.304 e. The molecule has 0 radical (unpaired) electrons. The molecule has 0 bridgehead atoms. The van der Waals surface area contributed by atoms with Crippen LogP contribution in [-0.4, -0.2) is 16.7 Å². The van der Waals surface area contributed by atoms with E-state index in [1.807, 2.05) is 25.1 Å². The van der Waals surface area contributed by atoms with Crippen LogP contribution in [0.1, 0.15) is 28.5 Å². The molecule has 1 aromatic heterocycles. The molecule has 1 aromatic carbocycles. The Morgan fingerprint density at radius 3 is 2.56 bits per heavy atom. The van der Waals surface area contributed by atoms with Gasteiger partial charge in [-0.05, 0) is 19.0 Å². The van der Waals surface area contributed by atoms with Crippen molar-refractivity contribution >= 4 is 11.3 Å². The first kappa shape index (κ1) is 11.2. The summed E-state index contributed by atoms with van der Waals surface area (Å²) in [5.74, 6) is 0. The summed E-state index contributed by atoms with van der Waals surface area (Å²) in [7, 11) is 0. The van der Waals surface area contributed by atoms with Gasteiger partial charge in [0.2, 0.25) is 0 Å². The monoisotopic (exact) mass is 233 g/mol. The third kappa shape index (κ3) is 2.46. The fourth-order valence-corrected chi connectivity index (χ4v) is 2.43. The molecule has 16 heavy (non-hydrogen) atoms. The van der Waals surface area contributed by atoms with Gasteiger partial charge in [0.05, 0.1) is 6.04 Å². The van der Waals surface area contributed by atoms with E-state index in [1.165, 1.54) is 5.56 Å². The lowest BCUT2D eigenvalue weighted by Crippen LogP contribution is -2.21. The van der Waals surface area contributed by atoms with Crippen LogP contribution in [0.4, 0.5) is 0 Å². The molecule has 1 unspecified atom stereocenters. The predicted octanol–water partition coefficient (Wildman–Crippen LogP) is 2.55. The first-order chi connectivity index (χ1) is 7.81. The zero-order chi connectivity index (χ0) is 11.4. The highest BCUT2D eigenvalue weighted by atomic mass is 32.1. The first-order valence-electron chi connectivity index (χ1n) is 5.39. The van der Waals surface area contributed by atoms with Gasteiger partial charge in [0, 0.05) is 0 Å². The summed E-state index contributed by atoms with van der Waals surface area (Å²) in [5.41, 5.74) is 1.24. The van der Waals surface area contributed by atoms with Crippen molar-refractivity contribution in [2.24, 2.45) is 0 Å². The summed E-state index contributed by atoms with van der Waals surface area (Å²) in [6.45, 7) is 5.00. The van der Waals surface area contributed by atoms with Crippen molar-refractivity contribution < 1.29 is 0 Å². The quantitative estimate of drug-likeness (QED) is 0.882. The van der Waals surface area contributed by atoms with Crippen molar-refractivity contribution in [1.82, 2.24) is 15.5 Å². The van der Waals surface area contributed by atoms with E-state index >= 15 is 0 Å². The maximum absolute atomic E-state index is 4.22. The minimum atomic E-state index is 0.164. The van der Waals surface area contributed by atoms with Gasteiger partial charge in [0.1, 0.15) is 10.0 Å². The van der Waals surface area contributed by atoms with Crippen LogP contribution in [0.2, 0.25) is 0 Å². The second-order valence-electron chi connectivity index (χ2n) is 3.56. The van der Waals surface area contributed by atoms with Crippen LogP contribution in [0.5, 0.6) is 0 Å². The molecule has 1 heterocycles. The number of aryl methyl sites for hydroxylation is 1. The summed E-state index contributed by atoms with van der Waals surface area (Å²) in [6.07, 6.45) is 0. The molecule has 84 valence electrons. The maximum atomic E-state index is 4.22. The lowest BCUT2D eigenvalue weighted by atomic mass is 10.1. The fraction of sp³-hybridized carbons (Fsp3) is 0.333. The van der Waals surface area contributed by atoms with Gasteiger partial charge >= 0.3 is 0 Å². The number of aromatic nitrogens is 2. The SMILES string of the molecule is CCNC(c1ccccc1)c1nnc(C)s1. The lowest BCUT2D eigenvalue weighted by molar-refractivity contribution is 0.621. The minimum absolute atomic E-state index is 0.164. The highest BCUT2D eigenvalue weighted by molar-refractivity contribution is 7.11. The Labute approximate surface area is 99.5 Å². The second kappa shape index (κ2) is 5.18. The molecule has 2 aromatic rings. The summed E-state index contributed by atoms with van der Waals surface area (Å²) < 4.78 is 0. The molecule has 0 aliphatic carbocycles. The molecule has 1 N–H and O–H groups in total. The molecule has 0 amide bonds. The molecule has 3 nitrogen and oxygen atoms in total. The molecule has 1 atom stereocenters. The first-order valence-corrected chi connectivity index (χ1v) is 6.21. The molecule has 0 spiro atoms. The van der Waals surface area contributed by atoms with Crippen LogP contribution in [0.25, 0.3) is 0 Å². The van der Waals surface area contributed by atoms with E-state index in [0.29, 0.717) is 0 Å². The number of rotatable bonds is 4. The van der Waals surface area contributed by atoms with Crippen molar-refractivity contribution in [2.75, 3.05) is 6.54 Å². The van der Waals surface area contributed by atoms with E-state index < -0.39 is 0 Å². The van der Waals surface area contributed by atoms with Crippen molar-refractivity contribution in [1.29, 1.82) is 0 Å². The van der Waals surface area contributed by atoms with Crippen molar-refractivity contribution in [3.8, 4) is 0 Å². The maximum Gasteiger partial charge on any atom is 0.139 e. The summed E-state index contributed by atoms with van der Waals surface area (Å²) >= 11 is 1.65. The molecule has 0 fully saturated rings. The number of nitrogens with one attached hydrogen (secondary N) is 1. The lowest BCUT2D eigenvalue weighted by Gasteiger charge is -2.14. The van der Waals surface area contributed by atoms with E-state index in [4.69, 9.17) is 0 Å². The van der Waals surface area contributed by atoms with Gasteiger partial charge in [-0.2, -0.15) is 0 Å². The molecular weight excluding hydrogens is 218 g/mol. The Balaban J connectivity index is 2.31. The van der Waals surface area contributed by atoms with Gasteiger partial charge in [-0.3, -0.25) is 0 Å². The van der Waals surface area contributed by atoms with Crippen LogP contribution in [0.15, 0.2) is 30.3 Å². The van der Waals surface area contributed by atoms with E-state index in [0.717, 1.165) is 16.6 Å².